The van der Waals surface area contributed by atoms with E-state index in [0.29, 0.717) is 33.6 Å². The number of halogens is 1. The number of thioether (sulfide) groups is 1. The second kappa shape index (κ2) is 9.58. The molecule has 0 saturated heterocycles. The first-order chi connectivity index (χ1) is 16.0. The highest BCUT2D eigenvalue weighted by Gasteiger charge is 2.36. The third-order valence-corrected chi connectivity index (χ3v) is 6.31. The van der Waals surface area contributed by atoms with E-state index in [-0.39, 0.29) is 24.5 Å². The number of hydrogen-bond donors (Lipinski definition) is 0. The molecule has 1 aliphatic heterocycles. The third-order valence-electron chi connectivity index (χ3n) is 5.25. The Kier molecular flexibility index (Phi) is 6.60. The van der Waals surface area contributed by atoms with Crippen molar-refractivity contribution in [1.82, 2.24) is 14.9 Å². The normalized spacial score (nSPS) is 13.2. The minimum atomic E-state index is -0.398. The lowest BCUT2D eigenvalue weighted by atomic mass is 10.1. The van der Waals surface area contributed by atoms with Crippen LogP contribution in [0.1, 0.15) is 43.6 Å². The van der Waals surface area contributed by atoms with Crippen LogP contribution in [0.4, 0.5) is 4.39 Å². The Morgan fingerprint density at radius 2 is 1.70 bits per heavy atom. The number of methoxy groups -OCH3 is 1. The molecule has 1 aromatic heterocycles. The SMILES string of the molecule is CCC(=O)C1=C(c2ccc(F)cc2)N(C(=O)CC)n2c(Cc3ccc(OC)cc3)nnc2S1. The molecule has 33 heavy (non-hydrogen) atoms. The first kappa shape index (κ1) is 22.7. The zero-order valence-electron chi connectivity index (χ0n) is 18.5. The fourth-order valence-electron chi connectivity index (χ4n) is 3.53. The van der Waals surface area contributed by atoms with Gasteiger partial charge in [-0.2, -0.15) is 0 Å². The second-order valence-corrected chi connectivity index (χ2v) is 8.34. The van der Waals surface area contributed by atoms with Gasteiger partial charge < -0.3 is 4.74 Å². The average Bonchev–Trinajstić information content (AvgIpc) is 3.25. The quantitative estimate of drug-likeness (QED) is 0.515. The number of Topliss-reactive ketones (excluding diaryl/α,β-unsaturated/α-hetero) is 1. The Balaban J connectivity index is 1.85. The molecule has 0 radical (unpaired) electrons. The van der Waals surface area contributed by atoms with Crippen molar-refractivity contribution >= 4 is 29.1 Å². The van der Waals surface area contributed by atoms with E-state index in [1.807, 2.05) is 24.3 Å². The second-order valence-electron chi connectivity index (χ2n) is 7.36. The van der Waals surface area contributed by atoms with Crippen LogP contribution < -0.4 is 9.75 Å². The predicted molar refractivity (Wildman–Crippen MR) is 124 cm³/mol. The molecule has 3 aromatic rings. The number of nitrogens with zero attached hydrogens (tertiary/aromatic N) is 4. The average molecular weight is 467 g/mol. The lowest BCUT2D eigenvalue weighted by molar-refractivity contribution is -0.119. The maximum absolute atomic E-state index is 13.6. The van der Waals surface area contributed by atoms with Gasteiger partial charge in [-0.25, -0.2) is 14.1 Å². The zero-order chi connectivity index (χ0) is 23.5. The number of carbonyl (C=O) groups is 2. The Morgan fingerprint density at radius 1 is 1.00 bits per heavy atom. The topological polar surface area (TPSA) is 77.3 Å². The van der Waals surface area contributed by atoms with E-state index >= 15 is 0 Å². The fourth-order valence-corrected chi connectivity index (χ4v) is 4.63. The van der Waals surface area contributed by atoms with Crippen molar-refractivity contribution in [3.8, 4) is 5.75 Å². The Labute approximate surface area is 195 Å². The molecular weight excluding hydrogens is 443 g/mol. The first-order valence-electron chi connectivity index (χ1n) is 10.6. The molecule has 2 heterocycles. The highest BCUT2D eigenvalue weighted by atomic mass is 32.2. The van der Waals surface area contributed by atoms with E-state index in [9.17, 15) is 14.0 Å². The van der Waals surface area contributed by atoms with Gasteiger partial charge in [0.05, 0.1) is 17.7 Å². The molecule has 9 heteroatoms. The van der Waals surface area contributed by atoms with Crippen molar-refractivity contribution in [3.63, 3.8) is 0 Å². The summed E-state index contributed by atoms with van der Waals surface area (Å²) in [5.74, 6) is 0.536. The maximum atomic E-state index is 13.6. The summed E-state index contributed by atoms with van der Waals surface area (Å²) < 4.78 is 20.5. The smallest absolute Gasteiger partial charge is 0.246 e. The van der Waals surface area contributed by atoms with E-state index < -0.39 is 5.82 Å². The van der Waals surface area contributed by atoms with Gasteiger partial charge in [0.25, 0.3) is 0 Å². The number of allylic oxidation sites excluding steroid dienone is 1. The first-order valence-corrected chi connectivity index (χ1v) is 11.4. The molecule has 0 saturated carbocycles. The molecule has 0 N–H and O–H groups in total. The van der Waals surface area contributed by atoms with E-state index in [2.05, 4.69) is 10.2 Å². The number of aromatic nitrogens is 3. The molecule has 170 valence electrons. The summed E-state index contributed by atoms with van der Waals surface area (Å²) in [6.07, 6.45) is 0.870. The Hall–Kier alpha value is -3.46. The van der Waals surface area contributed by atoms with Gasteiger partial charge in [-0.3, -0.25) is 9.59 Å². The largest absolute Gasteiger partial charge is 0.497 e. The summed E-state index contributed by atoms with van der Waals surface area (Å²) >= 11 is 1.18. The van der Waals surface area contributed by atoms with Gasteiger partial charge in [0.2, 0.25) is 11.1 Å². The third kappa shape index (κ3) is 4.41. The number of amides is 1. The minimum absolute atomic E-state index is 0.126. The molecule has 7 nitrogen and oxygen atoms in total. The zero-order valence-corrected chi connectivity index (χ0v) is 19.4. The van der Waals surface area contributed by atoms with E-state index in [4.69, 9.17) is 4.74 Å². The van der Waals surface area contributed by atoms with E-state index in [0.717, 1.165) is 11.3 Å². The molecule has 0 spiro atoms. The number of carbonyl (C=O) groups excluding carboxylic acids is 2. The lowest BCUT2D eigenvalue weighted by Gasteiger charge is -2.33. The number of fused-ring (bicyclic) bond motifs is 1. The molecule has 2 aromatic carbocycles. The van der Waals surface area contributed by atoms with Crippen molar-refractivity contribution in [2.75, 3.05) is 12.1 Å². The Bertz CT molecular complexity index is 1220. The summed E-state index contributed by atoms with van der Waals surface area (Å²) in [4.78, 5) is 26.5. The summed E-state index contributed by atoms with van der Waals surface area (Å²) in [5.41, 5.74) is 1.95. The van der Waals surface area contributed by atoms with Crippen LogP contribution in [0.25, 0.3) is 5.70 Å². The fraction of sp³-hybridized carbons (Fsp3) is 0.250. The Morgan fingerprint density at radius 3 is 2.30 bits per heavy atom. The van der Waals surface area contributed by atoms with E-state index in [1.54, 1.807) is 37.8 Å². The van der Waals surface area contributed by atoms with Crippen LogP contribution in [-0.2, 0) is 16.0 Å². The molecule has 4 rings (SSSR count). The number of hydrogen-bond acceptors (Lipinski definition) is 6. The maximum Gasteiger partial charge on any atom is 0.246 e. The van der Waals surface area contributed by atoms with Crippen molar-refractivity contribution < 1.29 is 18.7 Å². The van der Waals surface area contributed by atoms with Crippen molar-refractivity contribution in [1.29, 1.82) is 0 Å². The number of benzene rings is 2. The van der Waals surface area contributed by atoms with Gasteiger partial charge in [-0.05, 0) is 53.7 Å². The standard InChI is InChI=1S/C24H23FN4O3S/c1-4-19(30)23-22(16-8-10-17(25)11-9-16)29(21(31)5-2)28-20(26-27-24(28)33-23)14-15-6-12-18(32-3)13-7-15/h6-13H,4-5,14H2,1-3H3. The molecular formula is C24H23FN4O3S. The summed E-state index contributed by atoms with van der Waals surface area (Å²) in [5, 5.41) is 10.5. The highest BCUT2D eigenvalue weighted by molar-refractivity contribution is 8.04. The summed E-state index contributed by atoms with van der Waals surface area (Å²) in [7, 11) is 1.61. The number of rotatable bonds is 7. The van der Waals surface area contributed by atoms with Gasteiger partial charge in [0.15, 0.2) is 11.6 Å². The van der Waals surface area contributed by atoms with E-state index in [1.165, 1.54) is 28.9 Å². The van der Waals surface area contributed by atoms with Gasteiger partial charge in [0, 0.05) is 24.8 Å². The van der Waals surface area contributed by atoms with Crippen molar-refractivity contribution in [2.24, 2.45) is 0 Å². The van der Waals surface area contributed by atoms with Gasteiger partial charge in [-0.15, -0.1) is 10.2 Å². The minimum Gasteiger partial charge on any atom is -0.497 e. The number of ketones is 1. The van der Waals surface area contributed by atoms with Gasteiger partial charge in [-0.1, -0.05) is 26.0 Å². The molecule has 0 aliphatic carbocycles. The molecule has 1 amide bonds. The highest BCUT2D eigenvalue weighted by Crippen LogP contribution is 2.40. The predicted octanol–water partition coefficient (Wildman–Crippen LogP) is 4.34. The van der Waals surface area contributed by atoms with Crippen LogP contribution in [0.15, 0.2) is 58.6 Å². The van der Waals surface area contributed by atoms with Crippen LogP contribution in [0, 0.1) is 5.82 Å². The molecule has 0 atom stereocenters. The van der Waals surface area contributed by atoms with Crippen LogP contribution in [0.5, 0.6) is 5.75 Å². The molecule has 0 unspecified atom stereocenters. The molecule has 0 bridgehead atoms. The lowest BCUT2D eigenvalue weighted by Crippen LogP contribution is -2.43. The monoisotopic (exact) mass is 466 g/mol. The summed E-state index contributed by atoms with van der Waals surface area (Å²) in [6, 6.07) is 13.3. The number of ether oxygens (including phenoxy) is 1. The van der Waals surface area contributed by atoms with Crippen LogP contribution in [0.2, 0.25) is 0 Å². The van der Waals surface area contributed by atoms with Crippen LogP contribution in [0.3, 0.4) is 0 Å². The van der Waals surface area contributed by atoms with Crippen LogP contribution in [-0.4, -0.2) is 33.7 Å². The van der Waals surface area contributed by atoms with Crippen molar-refractivity contribution in [2.45, 2.75) is 38.3 Å². The summed E-state index contributed by atoms with van der Waals surface area (Å²) in [6.45, 7) is 3.51. The molecule has 1 aliphatic rings. The van der Waals surface area contributed by atoms with Crippen LogP contribution >= 0.6 is 11.8 Å². The van der Waals surface area contributed by atoms with Crippen molar-refractivity contribution in [3.05, 3.63) is 76.2 Å². The van der Waals surface area contributed by atoms with Gasteiger partial charge >= 0.3 is 0 Å². The van der Waals surface area contributed by atoms with Gasteiger partial charge in [0.1, 0.15) is 11.6 Å². The molecule has 0 fully saturated rings.